The summed E-state index contributed by atoms with van der Waals surface area (Å²) in [6.45, 7) is 1.47. The second-order valence-corrected chi connectivity index (χ2v) is 4.38. The molecule has 0 heterocycles. The van der Waals surface area contributed by atoms with Crippen LogP contribution in [0, 0.1) is 12.7 Å². The number of carbonyl (C=O) groups is 1. The van der Waals surface area contributed by atoms with Crippen LogP contribution < -0.4 is 4.74 Å². The Morgan fingerprint density at radius 1 is 1.10 bits per heavy atom. The van der Waals surface area contributed by atoms with Crippen molar-refractivity contribution in [1.29, 1.82) is 0 Å². The molecule has 2 aromatic carbocycles. The van der Waals surface area contributed by atoms with Gasteiger partial charge in [0.05, 0.1) is 5.56 Å². The van der Waals surface area contributed by atoms with Crippen LogP contribution >= 0.6 is 0 Å². The van der Waals surface area contributed by atoms with Crippen LogP contribution in [-0.4, -0.2) is 6.29 Å². The lowest BCUT2D eigenvalue weighted by Crippen LogP contribution is -2.08. The summed E-state index contributed by atoms with van der Waals surface area (Å²) < 4.78 is 57.2. The zero-order chi connectivity index (χ0) is 15.6. The van der Waals surface area contributed by atoms with Gasteiger partial charge < -0.3 is 4.74 Å². The van der Waals surface area contributed by atoms with Gasteiger partial charge in [-0.15, -0.1) is 0 Å². The van der Waals surface area contributed by atoms with Crippen molar-refractivity contribution < 1.29 is 27.1 Å². The maximum absolute atomic E-state index is 13.1. The highest BCUT2D eigenvalue weighted by Crippen LogP contribution is 2.38. The second kappa shape index (κ2) is 5.55. The molecule has 0 N–H and O–H groups in total. The van der Waals surface area contributed by atoms with Gasteiger partial charge in [0, 0.05) is 5.56 Å². The summed E-state index contributed by atoms with van der Waals surface area (Å²) in [4.78, 5) is 10.6. The lowest BCUT2D eigenvalue weighted by Gasteiger charge is -2.14. The van der Waals surface area contributed by atoms with Crippen molar-refractivity contribution in [3.63, 3.8) is 0 Å². The molecule has 0 fully saturated rings. The lowest BCUT2D eigenvalue weighted by atomic mass is 10.1. The molecule has 0 aliphatic rings. The molecule has 0 bridgehead atoms. The summed E-state index contributed by atoms with van der Waals surface area (Å²) in [7, 11) is 0. The van der Waals surface area contributed by atoms with Gasteiger partial charge in [0.1, 0.15) is 23.6 Å². The molecule has 0 spiro atoms. The maximum Gasteiger partial charge on any atom is 0.420 e. The topological polar surface area (TPSA) is 26.3 Å². The minimum absolute atomic E-state index is 0.0817. The Hall–Kier alpha value is -2.37. The molecule has 6 heteroatoms. The summed E-state index contributed by atoms with van der Waals surface area (Å²) in [5.74, 6) is -0.841. The number of benzene rings is 2. The highest BCUT2D eigenvalue weighted by molar-refractivity contribution is 5.75. The van der Waals surface area contributed by atoms with Gasteiger partial charge in [-0.3, -0.25) is 4.79 Å². The quantitative estimate of drug-likeness (QED) is 0.603. The minimum atomic E-state index is -4.66. The number of hydrogen-bond acceptors (Lipinski definition) is 2. The zero-order valence-corrected chi connectivity index (χ0v) is 10.9. The molecule has 2 aromatic rings. The monoisotopic (exact) mass is 298 g/mol. The van der Waals surface area contributed by atoms with E-state index in [1.807, 2.05) is 0 Å². The van der Waals surface area contributed by atoms with Crippen LogP contribution in [0.1, 0.15) is 21.5 Å². The molecule has 0 saturated heterocycles. The number of rotatable bonds is 3. The molecule has 0 atom stereocenters. The summed E-state index contributed by atoms with van der Waals surface area (Å²) in [6.07, 6.45) is -4.34. The van der Waals surface area contributed by atoms with E-state index >= 15 is 0 Å². The molecule has 0 amide bonds. The van der Waals surface area contributed by atoms with Crippen LogP contribution in [0.2, 0.25) is 0 Å². The fourth-order valence-electron chi connectivity index (χ4n) is 1.74. The molecule has 21 heavy (non-hydrogen) atoms. The van der Waals surface area contributed by atoms with E-state index in [2.05, 4.69) is 0 Å². The predicted molar refractivity (Wildman–Crippen MR) is 68.0 cm³/mol. The van der Waals surface area contributed by atoms with Gasteiger partial charge in [-0.2, -0.15) is 13.2 Å². The largest absolute Gasteiger partial charge is 0.457 e. The van der Waals surface area contributed by atoms with Crippen molar-refractivity contribution in [2.45, 2.75) is 13.1 Å². The van der Waals surface area contributed by atoms with Crippen molar-refractivity contribution in [1.82, 2.24) is 0 Å². The third kappa shape index (κ3) is 3.39. The normalized spacial score (nSPS) is 11.3. The average molecular weight is 298 g/mol. The van der Waals surface area contributed by atoms with E-state index < -0.39 is 23.3 Å². The van der Waals surface area contributed by atoms with E-state index in [1.54, 1.807) is 0 Å². The molecule has 0 aromatic heterocycles. The standard InChI is InChI=1S/C15H10F4O2/c1-9-6-11(3-4-13(9)16)21-14-5-2-10(8-20)7-12(14)15(17,18)19/h2-8H,1H3. The van der Waals surface area contributed by atoms with Crippen molar-refractivity contribution in [3.05, 3.63) is 58.9 Å². The fourth-order valence-corrected chi connectivity index (χ4v) is 1.74. The third-order valence-corrected chi connectivity index (χ3v) is 2.80. The summed E-state index contributed by atoms with van der Waals surface area (Å²) in [6, 6.07) is 6.62. The minimum Gasteiger partial charge on any atom is -0.457 e. The second-order valence-electron chi connectivity index (χ2n) is 4.38. The average Bonchev–Trinajstić information content (AvgIpc) is 2.42. The smallest absolute Gasteiger partial charge is 0.420 e. The first kappa shape index (κ1) is 15.0. The highest BCUT2D eigenvalue weighted by atomic mass is 19.4. The number of halogens is 4. The maximum atomic E-state index is 13.1. The Balaban J connectivity index is 2.43. The first-order valence-electron chi connectivity index (χ1n) is 5.91. The van der Waals surface area contributed by atoms with Crippen molar-refractivity contribution in [3.8, 4) is 11.5 Å². The number of carbonyl (C=O) groups excluding carboxylic acids is 1. The number of aryl methyl sites for hydroxylation is 1. The summed E-state index contributed by atoms with van der Waals surface area (Å²) in [5.41, 5.74) is -0.912. The van der Waals surface area contributed by atoms with E-state index in [0.29, 0.717) is 12.4 Å². The van der Waals surface area contributed by atoms with Crippen LogP contribution in [0.15, 0.2) is 36.4 Å². The van der Waals surface area contributed by atoms with Gasteiger partial charge in [-0.25, -0.2) is 4.39 Å². The van der Waals surface area contributed by atoms with E-state index in [0.717, 1.165) is 12.1 Å². The van der Waals surface area contributed by atoms with Gasteiger partial charge in [0.2, 0.25) is 0 Å². The Kier molecular flexibility index (Phi) is 3.97. The first-order chi connectivity index (χ1) is 9.81. The molecular formula is C15H10F4O2. The molecule has 0 unspecified atom stereocenters. The van der Waals surface area contributed by atoms with Gasteiger partial charge in [-0.05, 0) is 48.9 Å². The van der Waals surface area contributed by atoms with Crippen LogP contribution in [0.4, 0.5) is 17.6 Å². The van der Waals surface area contributed by atoms with Crippen molar-refractivity contribution in [2.24, 2.45) is 0 Å². The Bertz CT molecular complexity index is 678. The third-order valence-electron chi connectivity index (χ3n) is 2.80. The van der Waals surface area contributed by atoms with Crippen LogP contribution in [-0.2, 0) is 6.18 Å². The number of ether oxygens (including phenoxy) is 1. The van der Waals surface area contributed by atoms with E-state index in [4.69, 9.17) is 4.74 Å². The van der Waals surface area contributed by atoms with Gasteiger partial charge >= 0.3 is 6.18 Å². The van der Waals surface area contributed by atoms with Crippen LogP contribution in [0.3, 0.4) is 0 Å². The van der Waals surface area contributed by atoms with E-state index in [1.165, 1.54) is 25.1 Å². The highest BCUT2D eigenvalue weighted by Gasteiger charge is 2.34. The molecule has 0 saturated carbocycles. The fraction of sp³-hybridized carbons (Fsp3) is 0.133. The Morgan fingerprint density at radius 3 is 2.38 bits per heavy atom. The van der Waals surface area contributed by atoms with Crippen LogP contribution in [0.25, 0.3) is 0 Å². The Morgan fingerprint density at radius 2 is 1.81 bits per heavy atom. The zero-order valence-electron chi connectivity index (χ0n) is 10.9. The molecule has 2 rings (SSSR count). The van der Waals surface area contributed by atoms with Gasteiger partial charge in [0.25, 0.3) is 0 Å². The van der Waals surface area contributed by atoms with E-state index in [9.17, 15) is 22.4 Å². The molecule has 0 aliphatic carbocycles. The van der Waals surface area contributed by atoms with Crippen molar-refractivity contribution >= 4 is 6.29 Å². The molecular weight excluding hydrogens is 288 g/mol. The number of alkyl halides is 3. The molecule has 2 nitrogen and oxygen atoms in total. The molecule has 110 valence electrons. The number of hydrogen-bond donors (Lipinski definition) is 0. The SMILES string of the molecule is Cc1cc(Oc2ccc(C=O)cc2C(F)(F)F)ccc1F. The molecule has 0 radical (unpaired) electrons. The Labute approximate surface area is 118 Å². The van der Waals surface area contributed by atoms with Gasteiger partial charge in [-0.1, -0.05) is 0 Å². The number of aldehydes is 1. The first-order valence-corrected chi connectivity index (χ1v) is 5.91. The van der Waals surface area contributed by atoms with Gasteiger partial charge in [0.15, 0.2) is 0 Å². The summed E-state index contributed by atoms with van der Waals surface area (Å²) >= 11 is 0. The summed E-state index contributed by atoms with van der Waals surface area (Å²) in [5, 5.41) is 0. The predicted octanol–water partition coefficient (Wildman–Crippen LogP) is 4.76. The van der Waals surface area contributed by atoms with Crippen LogP contribution in [0.5, 0.6) is 11.5 Å². The van der Waals surface area contributed by atoms with Crippen molar-refractivity contribution in [2.75, 3.05) is 0 Å². The molecule has 0 aliphatic heterocycles. The van der Waals surface area contributed by atoms with E-state index in [-0.39, 0.29) is 16.9 Å². The lowest BCUT2D eigenvalue weighted by molar-refractivity contribution is -0.138.